The Hall–Kier alpha value is -4.78. The molecule has 4 rings (SSSR count). The number of carbonyl (C=O) groups is 2. The average molecular weight is 469 g/mol. The molecule has 0 unspecified atom stereocenters. The SMILES string of the molecule is COc1cccc(C(=O)Nc2ccc(Oc3ccc(NC(=O)c4cccc(OC)c4)cc3)cc2)c1. The van der Waals surface area contributed by atoms with Gasteiger partial charge in [0.25, 0.3) is 11.8 Å². The summed E-state index contributed by atoms with van der Waals surface area (Å²) < 4.78 is 16.2. The van der Waals surface area contributed by atoms with Crippen molar-refractivity contribution in [3.8, 4) is 23.0 Å². The van der Waals surface area contributed by atoms with Crippen LogP contribution in [-0.2, 0) is 0 Å². The first-order valence-electron chi connectivity index (χ1n) is 10.8. The second-order valence-electron chi connectivity index (χ2n) is 7.52. The Balaban J connectivity index is 1.33. The maximum Gasteiger partial charge on any atom is 0.255 e. The zero-order valence-electron chi connectivity index (χ0n) is 19.3. The van der Waals surface area contributed by atoms with Crippen molar-refractivity contribution < 1.29 is 23.8 Å². The van der Waals surface area contributed by atoms with Crippen LogP contribution in [0, 0.1) is 0 Å². The molecular weight excluding hydrogens is 444 g/mol. The Morgan fingerprint density at radius 1 is 0.543 bits per heavy atom. The van der Waals surface area contributed by atoms with E-state index in [4.69, 9.17) is 14.2 Å². The van der Waals surface area contributed by atoms with Crippen LogP contribution in [0.4, 0.5) is 11.4 Å². The van der Waals surface area contributed by atoms with Crippen LogP contribution in [0.25, 0.3) is 0 Å². The lowest BCUT2D eigenvalue weighted by Crippen LogP contribution is -2.11. The highest BCUT2D eigenvalue weighted by Crippen LogP contribution is 2.25. The molecule has 0 saturated heterocycles. The molecule has 0 aliphatic rings. The summed E-state index contributed by atoms with van der Waals surface area (Å²) in [6.07, 6.45) is 0. The molecule has 4 aromatic rings. The number of hydrogen-bond donors (Lipinski definition) is 2. The highest BCUT2D eigenvalue weighted by Gasteiger charge is 2.09. The van der Waals surface area contributed by atoms with Crippen molar-refractivity contribution in [3.05, 3.63) is 108 Å². The van der Waals surface area contributed by atoms with Crippen LogP contribution in [0.5, 0.6) is 23.0 Å². The summed E-state index contributed by atoms with van der Waals surface area (Å²) in [4.78, 5) is 24.9. The summed E-state index contributed by atoms with van der Waals surface area (Å²) in [6.45, 7) is 0. The second-order valence-corrected chi connectivity index (χ2v) is 7.52. The predicted octanol–water partition coefficient (Wildman–Crippen LogP) is 6.00. The molecule has 0 aliphatic heterocycles. The monoisotopic (exact) mass is 468 g/mol. The lowest BCUT2D eigenvalue weighted by Gasteiger charge is -2.10. The summed E-state index contributed by atoms with van der Waals surface area (Å²) in [5.41, 5.74) is 2.29. The molecule has 35 heavy (non-hydrogen) atoms. The van der Waals surface area contributed by atoms with Crippen LogP contribution in [-0.4, -0.2) is 26.0 Å². The highest BCUT2D eigenvalue weighted by atomic mass is 16.5. The Morgan fingerprint density at radius 2 is 0.943 bits per heavy atom. The molecule has 2 N–H and O–H groups in total. The Bertz CT molecular complexity index is 1220. The fourth-order valence-electron chi connectivity index (χ4n) is 3.28. The summed E-state index contributed by atoms with van der Waals surface area (Å²) in [5, 5.41) is 5.70. The largest absolute Gasteiger partial charge is 0.497 e. The van der Waals surface area contributed by atoms with Gasteiger partial charge in [0, 0.05) is 22.5 Å². The van der Waals surface area contributed by atoms with Crippen molar-refractivity contribution >= 4 is 23.2 Å². The molecule has 0 atom stereocenters. The van der Waals surface area contributed by atoms with Gasteiger partial charge < -0.3 is 24.8 Å². The van der Waals surface area contributed by atoms with Crippen molar-refractivity contribution in [2.75, 3.05) is 24.9 Å². The number of carbonyl (C=O) groups excluding carboxylic acids is 2. The lowest BCUT2D eigenvalue weighted by atomic mass is 10.2. The molecule has 0 aromatic heterocycles. The number of ether oxygens (including phenoxy) is 3. The van der Waals surface area contributed by atoms with Crippen LogP contribution < -0.4 is 24.8 Å². The zero-order valence-corrected chi connectivity index (χ0v) is 19.3. The minimum absolute atomic E-state index is 0.232. The first kappa shape index (κ1) is 23.4. The number of methoxy groups -OCH3 is 2. The first-order valence-corrected chi connectivity index (χ1v) is 10.8. The number of benzene rings is 4. The van der Waals surface area contributed by atoms with E-state index in [2.05, 4.69) is 10.6 Å². The van der Waals surface area contributed by atoms with Gasteiger partial charge in [-0.15, -0.1) is 0 Å². The molecule has 7 nitrogen and oxygen atoms in total. The number of nitrogens with one attached hydrogen (secondary N) is 2. The molecule has 0 heterocycles. The summed E-state index contributed by atoms with van der Waals surface area (Å²) in [6, 6.07) is 28.0. The van der Waals surface area contributed by atoms with Crippen molar-refractivity contribution in [2.24, 2.45) is 0 Å². The molecule has 0 saturated carbocycles. The Kier molecular flexibility index (Phi) is 7.28. The normalized spacial score (nSPS) is 10.2. The molecule has 0 fully saturated rings. The second kappa shape index (κ2) is 10.9. The van der Waals surface area contributed by atoms with E-state index >= 15 is 0 Å². The summed E-state index contributed by atoms with van der Waals surface area (Å²) in [7, 11) is 3.11. The van der Waals surface area contributed by atoms with E-state index in [1.807, 2.05) is 0 Å². The summed E-state index contributed by atoms with van der Waals surface area (Å²) >= 11 is 0. The number of rotatable bonds is 8. The first-order chi connectivity index (χ1) is 17.0. The van der Waals surface area contributed by atoms with E-state index in [0.29, 0.717) is 45.5 Å². The van der Waals surface area contributed by atoms with Gasteiger partial charge in [-0.1, -0.05) is 12.1 Å². The standard InChI is InChI=1S/C28H24N2O5/c1-33-25-7-3-5-19(17-25)27(31)29-21-9-13-23(14-10-21)35-24-15-11-22(12-16-24)30-28(32)20-6-4-8-26(18-20)34-2/h3-18H,1-2H3,(H,29,31)(H,30,32). The van der Waals surface area contributed by atoms with Gasteiger partial charge in [0.15, 0.2) is 0 Å². The van der Waals surface area contributed by atoms with Gasteiger partial charge in [-0.05, 0) is 84.9 Å². The van der Waals surface area contributed by atoms with E-state index < -0.39 is 0 Å². The average Bonchev–Trinajstić information content (AvgIpc) is 2.91. The number of hydrogen-bond acceptors (Lipinski definition) is 5. The van der Waals surface area contributed by atoms with Crippen molar-refractivity contribution in [1.29, 1.82) is 0 Å². The van der Waals surface area contributed by atoms with Gasteiger partial charge in [-0.3, -0.25) is 9.59 Å². The fourth-order valence-corrected chi connectivity index (χ4v) is 3.28. The molecule has 0 aliphatic carbocycles. The van der Waals surface area contributed by atoms with Gasteiger partial charge in [0.05, 0.1) is 14.2 Å². The quantitative estimate of drug-likeness (QED) is 0.331. The van der Waals surface area contributed by atoms with Crippen LogP contribution in [0.1, 0.15) is 20.7 Å². The van der Waals surface area contributed by atoms with E-state index in [1.54, 1.807) is 111 Å². The minimum atomic E-state index is -0.232. The third-order valence-corrected chi connectivity index (χ3v) is 5.12. The van der Waals surface area contributed by atoms with Crippen molar-refractivity contribution in [3.63, 3.8) is 0 Å². The number of anilines is 2. The van der Waals surface area contributed by atoms with Crippen molar-refractivity contribution in [2.45, 2.75) is 0 Å². The number of amides is 2. The molecule has 7 heteroatoms. The minimum Gasteiger partial charge on any atom is -0.497 e. The maximum atomic E-state index is 12.5. The Labute approximate surface area is 203 Å². The predicted molar refractivity (Wildman–Crippen MR) is 135 cm³/mol. The molecule has 0 radical (unpaired) electrons. The van der Waals surface area contributed by atoms with E-state index in [9.17, 15) is 9.59 Å². The highest BCUT2D eigenvalue weighted by molar-refractivity contribution is 6.05. The molecule has 0 spiro atoms. The van der Waals surface area contributed by atoms with Crippen LogP contribution >= 0.6 is 0 Å². The molecule has 176 valence electrons. The van der Waals surface area contributed by atoms with Gasteiger partial charge in [-0.2, -0.15) is 0 Å². The van der Waals surface area contributed by atoms with Crippen molar-refractivity contribution in [1.82, 2.24) is 0 Å². The van der Waals surface area contributed by atoms with Gasteiger partial charge in [0.1, 0.15) is 23.0 Å². The van der Waals surface area contributed by atoms with Gasteiger partial charge in [-0.25, -0.2) is 0 Å². The van der Waals surface area contributed by atoms with Crippen LogP contribution in [0.2, 0.25) is 0 Å². The maximum absolute atomic E-state index is 12.5. The molecule has 2 amide bonds. The van der Waals surface area contributed by atoms with E-state index in [0.717, 1.165) is 0 Å². The topological polar surface area (TPSA) is 85.9 Å². The third-order valence-electron chi connectivity index (χ3n) is 5.12. The molecule has 4 aromatic carbocycles. The lowest BCUT2D eigenvalue weighted by molar-refractivity contribution is 0.101. The van der Waals surface area contributed by atoms with Crippen LogP contribution in [0.15, 0.2) is 97.1 Å². The summed E-state index contributed by atoms with van der Waals surface area (Å²) in [5.74, 6) is 1.99. The van der Waals surface area contributed by atoms with E-state index in [-0.39, 0.29) is 11.8 Å². The van der Waals surface area contributed by atoms with Gasteiger partial charge in [0.2, 0.25) is 0 Å². The van der Waals surface area contributed by atoms with Gasteiger partial charge >= 0.3 is 0 Å². The molecular formula is C28H24N2O5. The Morgan fingerprint density at radius 3 is 1.31 bits per heavy atom. The van der Waals surface area contributed by atoms with Crippen LogP contribution in [0.3, 0.4) is 0 Å². The molecule has 0 bridgehead atoms. The smallest absolute Gasteiger partial charge is 0.255 e. The van der Waals surface area contributed by atoms with E-state index in [1.165, 1.54) is 0 Å². The third kappa shape index (κ3) is 6.17. The fraction of sp³-hybridized carbons (Fsp3) is 0.0714. The zero-order chi connectivity index (χ0) is 24.6.